The second kappa shape index (κ2) is 4.15. The third kappa shape index (κ3) is 2.05. The Morgan fingerprint density at radius 2 is 1.94 bits per heavy atom. The van der Waals surface area contributed by atoms with Crippen LogP contribution in [0.2, 0.25) is 0 Å². The van der Waals surface area contributed by atoms with Gasteiger partial charge in [-0.15, -0.1) is 0 Å². The number of hydrogen-bond donors (Lipinski definition) is 1. The van der Waals surface area contributed by atoms with Crippen LogP contribution < -0.4 is 5.32 Å². The van der Waals surface area contributed by atoms with E-state index in [0.29, 0.717) is 10.8 Å². The van der Waals surface area contributed by atoms with Gasteiger partial charge in [0.05, 0.1) is 0 Å². The van der Waals surface area contributed by atoms with Gasteiger partial charge in [-0.1, -0.05) is 27.7 Å². The summed E-state index contributed by atoms with van der Waals surface area (Å²) >= 11 is 1.79. The molecule has 90 valence electrons. The molecule has 0 amide bonds. The smallest absolute Gasteiger partial charge is 0.000793 e. The molecule has 1 aliphatic carbocycles. The first-order valence-electron chi connectivity index (χ1n) is 6.18. The predicted octanol–water partition coefficient (Wildman–Crippen LogP) is 3.56. The molecule has 0 spiro atoms. The van der Waals surface area contributed by atoms with Crippen LogP contribution in [0.15, 0.2) is 16.8 Å². The Labute approximate surface area is 103 Å². The van der Waals surface area contributed by atoms with Gasteiger partial charge in [-0.05, 0) is 58.6 Å². The normalized spacial score (nSPS) is 22.2. The molecule has 1 N–H and O–H groups in total. The van der Waals surface area contributed by atoms with Crippen LogP contribution in [0, 0.1) is 16.7 Å². The molecule has 0 aliphatic heterocycles. The number of hydrogen-bond acceptors (Lipinski definition) is 2. The van der Waals surface area contributed by atoms with Crippen LogP contribution in [0.5, 0.6) is 0 Å². The van der Waals surface area contributed by atoms with E-state index in [4.69, 9.17) is 0 Å². The summed E-state index contributed by atoms with van der Waals surface area (Å²) < 4.78 is 0. The Bertz CT molecular complexity index is 324. The van der Waals surface area contributed by atoms with Crippen molar-refractivity contribution >= 4 is 11.3 Å². The second-order valence-corrected chi connectivity index (χ2v) is 6.86. The molecule has 1 heterocycles. The van der Waals surface area contributed by atoms with E-state index in [1.54, 1.807) is 11.3 Å². The fraction of sp³-hybridized carbons (Fsp3) is 0.714. The first-order chi connectivity index (χ1) is 7.46. The quantitative estimate of drug-likeness (QED) is 0.772. The molecule has 0 unspecified atom stereocenters. The number of nitrogens with one attached hydrogen (secondary N) is 1. The van der Waals surface area contributed by atoms with Gasteiger partial charge in [-0.2, -0.15) is 11.3 Å². The highest BCUT2D eigenvalue weighted by molar-refractivity contribution is 7.07. The van der Waals surface area contributed by atoms with Crippen LogP contribution in [-0.2, 0) is 6.42 Å². The Balaban J connectivity index is 1.67. The molecule has 2 heteroatoms. The standard InChI is InChI=1S/C14H23NS/c1-13(2)12(14(13,3)4)9-15-7-5-11-6-8-16-10-11/h6,8,10,12,15H,5,7,9H2,1-4H3. The summed E-state index contributed by atoms with van der Waals surface area (Å²) in [5.41, 5.74) is 2.50. The molecular weight excluding hydrogens is 214 g/mol. The summed E-state index contributed by atoms with van der Waals surface area (Å²) in [6.07, 6.45) is 1.16. The number of thiophene rings is 1. The van der Waals surface area contributed by atoms with Gasteiger partial charge in [-0.3, -0.25) is 0 Å². The highest BCUT2D eigenvalue weighted by Crippen LogP contribution is 2.67. The molecule has 0 atom stereocenters. The maximum absolute atomic E-state index is 3.60. The second-order valence-electron chi connectivity index (χ2n) is 6.08. The van der Waals surface area contributed by atoms with E-state index in [-0.39, 0.29) is 0 Å². The van der Waals surface area contributed by atoms with E-state index in [2.05, 4.69) is 49.8 Å². The summed E-state index contributed by atoms with van der Waals surface area (Å²) in [6, 6.07) is 2.22. The Hall–Kier alpha value is -0.340. The molecule has 16 heavy (non-hydrogen) atoms. The van der Waals surface area contributed by atoms with E-state index in [9.17, 15) is 0 Å². The Kier molecular flexibility index (Phi) is 3.15. The van der Waals surface area contributed by atoms with Crippen LogP contribution in [0.4, 0.5) is 0 Å². The van der Waals surface area contributed by atoms with Gasteiger partial charge in [0.2, 0.25) is 0 Å². The molecule has 1 fully saturated rings. The lowest BCUT2D eigenvalue weighted by molar-refractivity contribution is 0.457. The zero-order valence-electron chi connectivity index (χ0n) is 10.8. The van der Waals surface area contributed by atoms with Crippen molar-refractivity contribution in [2.24, 2.45) is 16.7 Å². The van der Waals surface area contributed by atoms with Crippen LogP contribution in [0.25, 0.3) is 0 Å². The average Bonchev–Trinajstić information content (AvgIpc) is 2.64. The molecule has 0 radical (unpaired) electrons. The van der Waals surface area contributed by atoms with Crippen molar-refractivity contribution in [2.75, 3.05) is 13.1 Å². The molecular formula is C14H23NS. The van der Waals surface area contributed by atoms with Crippen LogP contribution in [0.3, 0.4) is 0 Å². The molecule has 2 rings (SSSR count). The van der Waals surface area contributed by atoms with Gasteiger partial charge in [-0.25, -0.2) is 0 Å². The van der Waals surface area contributed by atoms with Gasteiger partial charge in [0, 0.05) is 0 Å². The van der Waals surface area contributed by atoms with Crippen molar-refractivity contribution in [3.8, 4) is 0 Å². The fourth-order valence-corrected chi connectivity index (χ4v) is 3.46. The summed E-state index contributed by atoms with van der Waals surface area (Å²) in [7, 11) is 0. The van der Waals surface area contributed by atoms with E-state index >= 15 is 0 Å². The molecule has 1 saturated carbocycles. The summed E-state index contributed by atoms with van der Waals surface area (Å²) in [5, 5.41) is 8.00. The van der Waals surface area contributed by atoms with Crippen molar-refractivity contribution in [1.82, 2.24) is 5.32 Å². The fourth-order valence-electron chi connectivity index (χ4n) is 2.76. The minimum absolute atomic E-state index is 0.516. The van der Waals surface area contributed by atoms with Crippen LogP contribution >= 0.6 is 11.3 Å². The zero-order valence-corrected chi connectivity index (χ0v) is 11.7. The van der Waals surface area contributed by atoms with Crippen molar-refractivity contribution in [1.29, 1.82) is 0 Å². The molecule has 0 aromatic carbocycles. The molecule has 0 bridgehead atoms. The Morgan fingerprint density at radius 1 is 1.25 bits per heavy atom. The minimum Gasteiger partial charge on any atom is -0.316 e. The first-order valence-corrected chi connectivity index (χ1v) is 7.12. The first kappa shape index (κ1) is 12.1. The van der Waals surface area contributed by atoms with Gasteiger partial charge < -0.3 is 5.32 Å². The van der Waals surface area contributed by atoms with E-state index in [1.165, 1.54) is 12.1 Å². The summed E-state index contributed by atoms with van der Waals surface area (Å²) in [6.45, 7) is 11.8. The third-order valence-corrected chi connectivity index (χ3v) is 5.57. The lowest BCUT2D eigenvalue weighted by Gasteiger charge is -2.05. The highest BCUT2D eigenvalue weighted by Gasteiger charge is 2.63. The molecule has 1 aliphatic rings. The zero-order chi connectivity index (χ0) is 11.8. The van der Waals surface area contributed by atoms with Gasteiger partial charge in [0.25, 0.3) is 0 Å². The summed E-state index contributed by atoms with van der Waals surface area (Å²) in [4.78, 5) is 0. The van der Waals surface area contributed by atoms with Crippen molar-refractivity contribution in [3.05, 3.63) is 22.4 Å². The topological polar surface area (TPSA) is 12.0 Å². The van der Waals surface area contributed by atoms with E-state index < -0.39 is 0 Å². The average molecular weight is 237 g/mol. The van der Waals surface area contributed by atoms with Crippen molar-refractivity contribution in [3.63, 3.8) is 0 Å². The third-order valence-electron chi connectivity index (χ3n) is 4.84. The highest BCUT2D eigenvalue weighted by atomic mass is 32.1. The van der Waals surface area contributed by atoms with Crippen molar-refractivity contribution < 1.29 is 0 Å². The Morgan fingerprint density at radius 3 is 2.44 bits per heavy atom. The monoisotopic (exact) mass is 237 g/mol. The molecule has 0 saturated heterocycles. The number of rotatable bonds is 5. The summed E-state index contributed by atoms with van der Waals surface area (Å²) in [5.74, 6) is 0.836. The van der Waals surface area contributed by atoms with Crippen molar-refractivity contribution in [2.45, 2.75) is 34.1 Å². The van der Waals surface area contributed by atoms with E-state index in [0.717, 1.165) is 18.9 Å². The lowest BCUT2D eigenvalue weighted by Crippen LogP contribution is -2.21. The lowest BCUT2D eigenvalue weighted by atomic mass is 10.0. The molecule has 1 aromatic rings. The largest absolute Gasteiger partial charge is 0.316 e. The van der Waals surface area contributed by atoms with Gasteiger partial charge >= 0.3 is 0 Å². The van der Waals surface area contributed by atoms with Crippen LogP contribution in [0.1, 0.15) is 33.3 Å². The van der Waals surface area contributed by atoms with Gasteiger partial charge in [0.1, 0.15) is 0 Å². The van der Waals surface area contributed by atoms with E-state index in [1.807, 2.05) is 0 Å². The maximum atomic E-state index is 3.60. The molecule has 1 nitrogen and oxygen atoms in total. The minimum atomic E-state index is 0.516. The SMILES string of the molecule is CC1(C)C(CNCCc2ccsc2)C1(C)C. The van der Waals surface area contributed by atoms with Crippen LogP contribution in [-0.4, -0.2) is 13.1 Å². The maximum Gasteiger partial charge on any atom is -0.000793 e. The molecule has 1 aromatic heterocycles. The van der Waals surface area contributed by atoms with Gasteiger partial charge in [0.15, 0.2) is 0 Å². The predicted molar refractivity (Wildman–Crippen MR) is 71.9 cm³/mol.